The average Bonchev–Trinajstić information content (AvgIpc) is 3.34. The van der Waals surface area contributed by atoms with Crippen LogP contribution in [0.25, 0.3) is 10.9 Å². The van der Waals surface area contributed by atoms with Crippen LogP contribution in [0.1, 0.15) is 25.7 Å². The van der Waals surface area contributed by atoms with Crippen molar-refractivity contribution in [2.24, 2.45) is 0 Å². The lowest BCUT2D eigenvalue weighted by molar-refractivity contribution is 0.153. The van der Waals surface area contributed by atoms with Gasteiger partial charge in [-0.25, -0.2) is 9.97 Å². The fraction of sp³-hybridized carbons (Fsp3) is 0.500. The molecule has 0 unspecified atom stereocenters. The van der Waals surface area contributed by atoms with Crippen molar-refractivity contribution in [3.8, 4) is 11.5 Å². The molecule has 0 amide bonds. The minimum atomic E-state index is 0.212. The summed E-state index contributed by atoms with van der Waals surface area (Å²) in [5.41, 5.74) is 0.785. The molecule has 0 spiro atoms. The molecule has 1 aromatic heterocycles. The van der Waals surface area contributed by atoms with Crippen molar-refractivity contribution >= 4 is 22.5 Å². The van der Waals surface area contributed by atoms with Gasteiger partial charge in [0.2, 0.25) is 0 Å². The Morgan fingerprint density at radius 1 is 0.955 bits per heavy atom. The Morgan fingerprint density at radius 3 is 2.36 bits per heavy atom. The van der Waals surface area contributed by atoms with Crippen LogP contribution in [-0.4, -0.2) is 35.3 Å². The quantitative estimate of drug-likeness (QED) is 0.878. The van der Waals surface area contributed by atoms with Crippen LogP contribution in [0.5, 0.6) is 11.5 Å². The van der Waals surface area contributed by atoms with Gasteiger partial charge in [-0.1, -0.05) is 11.6 Å². The van der Waals surface area contributed by atoms with E-state index >= 15 is 0 Å². The standard InChI is InChI=1S/C16H18ClN3O2/c17-16-12-7-14(22-11-3-5-18-6-4-11)15(21-10-1-2-10)8-13(12)19-9-20-16/h7-11,18H,1-6H2. The topological polar surface area (TPSA) is 56.3 Å². The van der Waals surface area contributed by atoms with E-state index in [-0.39, 0.29) is 6.10 Å². The SMILES string of the molecule is Clc1ncnc2cc(OC3CC3)c(OC3CCNCC3)cc12. The third-order valence-electron chi connectivity index (χ3n) is 4.05. The Morgan fingerprint density at radius 2 is 1.64 bits per heavy atom. The predicted molar refractivity (Wildman–Crippen MR) is 84.7 cm³/mol. The van der Waals surface area contributed by atoms with Crippen molar-refractivity contribution in [3.63, 3.8) is 0 Å². The molecule has 1 aliphatic heterocycles. The maximum absolute atomic E-state index is 6.20. The van der Waals surface area contributed by atoms with Gasteiger partial charge in [-0.15, -0.1) is 0 Å². The number of aromatic nitrogens is 2. The van der Waals surface area contributed by atoms with Crippen LogP contribution in [-0.2, 0) is 0 Å². The van der Waals surface area contributed by atoms with E-state index in [4.69, 9.17) is 21.1 Å². The molecule has 2 fully saturated rings. The molecular weight excluding hydrogens is 302 g/mol. The molecule has 22 heavy (non-hydrogen) atoms. The highest BCUT2D eigenvalue weighted by Crippen LogP contribution is 2.38. The number of ether oxygens (including phenoxy) is 2. The molecule has 2 heterocycles. The summed E-state index contributed by atoms with van der Waals surface area (Å²) in [4.78, 5) is 8.32. The van der Waals surface area contributed by atoms with E-state index in [1.807, 2.05) is 12.1 Å². The molecule has 0 bridgehead atoms. The maximum atomic E-state index is 6.20. The van der Waals surface area contributed by atoms with E-state index in [0.717, 1.165) is 61.2 Å². The largest absolute Gasteiger partial charge is 0.486 e. The number of rotatable bonds is 4. The summed E-state index contributed by atoms with van der Waals surface area (Å²) >= 11 is 6.18. The number of fused-ring (bicyclic) bond motifs is 1. The number of piperidine rings is 1. The van der Waals surface area contributed by atoms with Gasteiger partial charge in [-0.05, 0) is 44.8 Å². The average molecular weight is 320 g/mol. The molecule has 6 heteroatoms. The van der Waals surface area contributed by atoms with Crippen molar-refractivity contribution in [1.82, 2.24) is 15.3 Å². The second kappa shape index (κ2) is 5.89. The molecule has 2 aliphatic rings. The predicted octanol–water partition coefficient (Wildman–Crippen LogP) is 2.96. The van der Waals surface area contributed by atoms with Crippen LogP contribution in [0.15, 0.2) is 18.5 Å². The summed E-state index contributed by atoms with van der Waals surface area (Å²) in [5, 5.41) is 4.59. The minimum absolute atomic E-state index is 0.212. The van der Waals surface area contributed by atoms with Gasteiger partial charge in [-0.3, -0.25) is 0 Å². The molecule has 116 valence electrons. The lowest BCUT2D eigenvalue weighted by Crippen LogP contribution is -2.34. The first-order chi connectivity index (χ1) is 10.8. The molecule has 1 aromatic carbocycles. The van der Waals surface area contributed by atoms with E-state index in [1.165, 1.54) is 6.33 Å². The summed E-state index contributed by atoms with van der Waals surface area (Å²) in [7, 11) is 0. The third kappa shape index (κ3) is 2.96. The van der Waals surface area contributed by atoms with E-state index in [9.17, 15) is 0 Å². The molecule has 4 rings (SSSR count). The molecule has 2 aromatic rings. The second-order valence-electron chi connectivity index (χ2n) is 5.86. The monoisotopic (exact) mass is 319 g/mol. The van der Waals surface area contributed by atoms with Crippen molar-refractivity contribution in [3.05, 3.63) is 23.6 Å². The van der Waals surface area contributed by atoms with Crippen LogP contribution in [0.2, 0.25) is 5.15 Å². The molecule has 5 nitrogen and oxygen atoms in total. The van der Waals surface area contributed by atoms with Gasteiger partial charge in [0.25, 0.3) is 0 Å². The minimum Gasteiger partial charge on any atom is -0.486 e. The zero-order valence-electron chi connectivity index (χ0n) is 12.2. The van der Waals surface area contributed by atoms with Gasteiger partial charge in [-0.2, -0.15) is 0 Å². The molecular formula is C16H18ClN3O2. The number of hydrogen-bond acceptors (Lipinski definition) is 5. The Hall–Kier alpha value is -1.59. The van der Waals surface area contributed by atoms with Crippen LogP contribution < -0.4 is 14.8 Å². The number of hydrogen-bond donors (Lipinski definition) is 1. The third-order valence-corrected chi connectivity index (χ3v) is 4.35. The Kier molecular flexibility index (Phi) is 3.76. The highest BCUT2D eigenvalue weighted by atomic mass is 35.5. The van der Waals surface area contributed by atoms with Crippen LogP contribution >= 0.6 is 11.6 Å². The van der Waals surface area contributed by atoms with Gasteiger partial charge in [0.05, 0.1) is 11.6 Å². The lowest BCUT2D eigenvalue weighted by atomic mass is 10.1. The number of benzene rings is 1. The summed E-state index contributed by atoms with van der Waals surface area (Å²) in [5.74, 6) is 1.52. The highest BCUT2D eigenvalue weighted by molar-refractivity contribution is 6.34. The molecule has 0 radical (unpaired) electrons. The fourth-order valence-corrected chi connectivity index (χ4v) is 2.87. The van der Waals surface area contributed by atoms with Gasteiger partial charge >= 0.3 is 0 Å². The first-order valence-electron chi connectivity index (χ1n) is 7.78. The van der Waals surface area contributed by atoms with Gasteiger partial charge in [0.1, 0.15) is 17.6 Å². The smallest absolute Gasteiger partial charge is 0.163 e. The summed E-state index contributed by atoms with van der Waals surface area (Å²) in [6, 6.07) is 3.83. The summed E-state index contributed by atoms with van der Waals surface area (Å²) in [6.45, 7) is 1.97. The van der Waals surface area contributed by atoms with E-state index in [0.29, 0.717) is 11.3 Å². The van der Waals surface area contributed by atoms with Crippen LogP contribution in [0.4, 0.5) is 0 Å². The van der Waals surface area contributed by atoms with Crippen molar-refractivity contribution in [2.45, 2.75) is 37.9 Å². The van der Waals surface area contributed by atoms with Gasteiger partial charge in [0, 0.05) is 11.5 Å². The molecule has 1 saturated carbocycles. The van der Waals surface area contributed by atoms with E-state index in [2.05, 4.69) is 15.3 Å². The fourth-order valence-electron chi connectivity index (χ4n) is 2.68. The van der Waals surface area contributed by atoms with E-state index in [1.54, 1.807) is 0 Å². The first-order valence-corrected chi connectivity index (χ1v) is 8.16. The molecule has 0 atom stereocenters. The van der Waals surface area contributed by atoms with Crippen LogP contribution in [0.3, 0.4) is 0 Å². The molecule has 1 aliphatic carbocycles. The highest BCUT2D eigenvalue weighted by Gasteiger charge is 2.26. The Bertz CT molecular complexity index is 684. The zero-order valence-corrected chi connectivity index (χ0v) is 13.0. The van der Waals surface area contributed by atoms with Crippen molar-refractivity contribution < 1.29 is 9.47 Å². The van der Waals surface area contributed by atoms with Crippen molar-refractivity contribution in [1.29, 1.82) is 0 Å². The first kappa shape index (κ1) is 14.0. The molecule has 1 saturated heterocycles. The summed E-state index contributed by atoms with van der Waals surface area (Å²) in [6.07, 6.45) is 6.21. The zero-order chi connectivity index (χ0) is 14.9. The van der Waals surface area contributed by atoms with E-state index < -0.39 is 0 Å². The summed E-state index contributed by atoms with van der Waals surface area (Å²) < 4.78 is 12.2. The lowest BCUT2D eigenvalue weighted by Gasteiger charge is -2.25. The number of nitrogens with zero attached hydrogens (tertiary/aromatic N) is 2. The molecule has 1 N–H and O–H groups in total. The van der Waals surface area contributed by atoms with Crippen LogP contribution in [0, 0.1) is 0 Å². The number of nitrogens with one attached hydrogen (secondary N) is 1. The van der Waals surface area contributed by atoms with Crippen molar-refractivity contribution in [2.75, 3.05) is 13.1 Å². The Balaban J connectivity index is 1.70. The van der Waals surface area contributed by atoms with Gasteiger partial charge in [0.15, 0.2) is 11.5 Å². The maximum Gasteiger partial charge on any atom is 0.163 e. The normalized spacial score (nSPS) is 19.3. The number of halogens is 1. The second-order valence-corrected chi connectivity index (χ2v) is 6.22. The Labute approximate surface area is 134 Å². The van der Waals surface area contributed by atoms with Gasteiger partial charge < -0.3 is 14.8 Å².